The molecule has 1 heterocycles. The summed E-state index contributed by atoms with van der Waals surface area (Å²) in [6, 6.07) is 10.7. The van der Waals surface area contributed by atoms with E-state index in [1.165, 1.54) is 10.9 Å². The molecule has 0 radical (unpaired) electrons. The Morgan fingerprint density at radius 1 is 1.33 bits per heavy atom. The largest absolute Gasteiger partial charge is 0.351 e. The Balaban J connectivity index is 1.79. The summed E-state index contributed by atoms with van der Waals surface area (Å²) in [5.41, 5.74) is 0.622. The molecule has 6 heteroatoms. The minimum atomic E-state index is -0.228. The molecule has 2 N–H and O–H groups in total. The van der Waals surface area contributed by atoms with Crippen molar-refractivity contribution in [3.63, 3.8) is 0 Å². The molecule has 0 saturated carbocycles. The quantitative estimate of drug-likeness (QED) is 0.610. The van der Waals surface area contributed by atoms with Crippen LogP contribution in [0.1, 0.15) is 10.4 Å². The number of hydrogen-bond donors (Lipinski definition) is 2. The van der Waals surface area contributed by atoms with Crippen LogP contribution in [0.5, 0.6) is 0 Å². The lowest BCUT2D eigenvalue weighted by atomic mass is 10.1. The van der Waals surface area contributed by atoms with Gasteiger partial charge in [0.2, 0.25) is 0 Å². The molecule has 1 unspecified atom stereocenters. The molecule has 0 fully saturated rings. The van der Waals surface area contributed by atoms with Crippen LogP contribution in [-0.2, 0) is 17.8 Å². The third-order valence-electron chi connectivity index (χ3n) is 3.57. The molecule has 0 aliphatic rings. The van der Waals surface area contributed by atoms with Crippen LogP contribution in [0.3, 0.4) is 0 Å². The van der Waals surface area contributed by atoms with Gasteiger partial charge in [-0.2, -0.15) is 0 Å². The number of benzene rings is 1. The van der Waals surface area contributed by atoms with Crippen molar-refractivity contribution in [1.82, 2.24) is 5.32 Å². The van der Waals surface area contributed by atoms with Gasteiger partial charge in [0.25, 0.3) is 5.91 Å². The first kappa shape index (κ1) is 18.8. The maximum Gasteiger partial charge on any atom is 0.275 e. The number of hydrogen-bond acceptors (Lipinski definition) is 2. The van der Waals surface area contributed by atoms with Gasteiger partial charge < -0.3 is 10.2 Å². The van der Waals surface area contributed by atoms with E-state index in [9.17, 15) is 9.18 Å². The number of carbonyl (C=O) groups is 1. The van der Waals surface area contributed by atoms with Gasteiger partial charge in [-0.05, 0) is 52.2 Å². The van der Waals surface area contributed by atoms with Crippen molar-refractivity contribution in [2.75, 3.05) is 19.6 Å². The first-order valence-electron chi connectivity index (χ1n) is 7.77. The van der Waals surface area contributed by atoms with Crippen molar-refractivity contribution in [3.05, 3.63) is 69.1 Å². The second kappa shape index (κ2) is 9.71. The summed E-state index contributed by atoms with van der Waals surface area (Å²) >= 11 is 5.13. The predicted octanol–water partition coefficient (Wildman–Crippen LogP) is 2.58. The van der Waals surface area contributed by atoms with E-state index in [0.717, 1.165) is 21.8 Å². The maximum absolute atomic E-state index is 13.5. The zero-order chi connectivity index (χ0) is 17.4. The molecule has 1 atom stereocenters. The van der Waals surface area contributed by atoms with Crippen molar-refractivity contribution >= 4 is 33.2 Å². The van der Waals surface area contributed by atoms with E-state index in [1.807, 2.05) is 12.1 Å². The molecule has 0 aliphatic heterocycles. The molecule has 0 bridgehead atoms. The lowest BCUT2D eigenvalue weighted by Gasteiger charge is -2.16. The molecule has 1 aromatic heterocycles. The number of amides is 1. The van der Waals surface area contributed by atoms with Crippen molar-refractivity contribution in [2.24, 2.45) is 0 Å². The van der Waals surface area contributed by atoms with Crippen molar-refractivity contribution < 1.29 is 14.1 Å². The summed E-state index contributed by atoms with van der Waals surface area (Å²) in [6.45, 7) is 6.08. The van der Waals surface area contributed by atoms with Crippen molar-refractivity contribution in [3.8, 4) is 0 Å². The molecule has 0 spiro atoms. The highest BCUT2D eigenvalue weighted by atomic mass is 79.9. The fourth-order valence-electron chi connectivity index (χ4n) is 2.43. The lowest BCUT2D eigenvalue weighted by Crippen LogP contribution is -3.11. The summed E-state index contributed by atoms with van der Waals surface area (Å²) in [5.74, 6) is -0.257. The monoisotopic (exact) mass is 411 g/mol. The van der Waals surface area contributed by atoms with Gasteiger partial charge in [-0.3, -0.25) is 4.79 Å². The first-order chi connectivity index (χ1) is 11.6. The van der Waals surface area contributed by atoms with Gasteiger partial charge in [0.05, 0.1) is 15.2 Å². The van der Waals surface area contributed by atoms with E-state index >= 15 is 0 Å². The minimum absolute atomic E-state index is 0.0289. The van der Waals surface area contributed by atoms with E-state index in [1.54, 1.807) is 29.5 Å². The summed E-state index contributed by atoms with van der Waals surface area (Å²) in [4.78, 5) is 14.5. The third kappa shape index (κ3) is 6.19. The zero-order valence-electron chi connectivity index (χ0n) is 13.4. The SMILES string of the molecule is C=CC[NH+](CC(=O)NCCc1ccccc1F)Cc1ccc(Br)s1. The summed E-state index contributed by atoms with van der Waals surface area (Å²) in [6.07, 6.45) is 2.32. The van der Waals surface area contributed by atoms with Crippen LogP contribution in [-0.4, -0.2) is 25.5 Å². The van der Waals surface area contributed by atoms with Gasteiger partial charge in [0, 0.05) is 6.54 Å². The normalized spacial score (nSPS) is 11.9. The first-order valence-corrected chi connectivity index (χ1v) is 9.38. The second-order valence-corrected chi connectivity index (χ2v) is 8.04. The van der Waals surface area contributed by atoms with Crippen LogP contribution < -0.4 is 10.2 Å². The Morgan fingerprint density at radius 2 is 2.12 bits per heavy atom. The van der Waals surface area contributed by atoms with Crippen LogP contribution in [0.25, 0.3) is 0 Å². The third-order valence-corrected chi connectivity index (χ3v) is 5.19. The van der Waals surface area contributed by atoms with E-state index in [-0.39, 0.29) is 11.7 Å². The highest BCUT2D eigenvalue weighted by Crippen LogP contribution is 2.21. The van der Waals surface area contributed by atoms with Crippen LogP contribution in [0.2, 0.25) is 0 Å². The number of carbonyl (C=O) groups excluding carboxylic acids is 1. The minimum Gasteiger partial charge on any atom is -0.351 e. The van der Waals surface area contributed by atoms with E-state index < -0.39 is 0 Å². The number of halogens is 2. The average molecular weight is 412 g/mol. The maximum atomic E-state index is 13.5. The predicted molar refractivity (Wildman–Crippen MR) is 99.7 cm³/mol. The molecule has 0 saturated heterocycles. The van der Waals surface area contributed by atoms with Crippen LogP contribution in [0.15, 0.2) is 52.8 Å². The Labute approximate surface area is 154 Å². The van der Waals surface area contributed by atoms with Gasteiger partial charge in [0.1, 0.15) is 12.4 Å². The second-order valence-electron chi connectivity index (χ2n) is 5.49. The van der Waals surface area contributed by atoms with E-state index in [2.05, 4.69) is 33.9 Å². The van der Waals surface area contributed by atoms with E-state index in [0.29, 0.717) is 25.1 Å². The number of thiophene rings is 1. The smallest absolute Gasteiger partial charge is 0.275 e. The van der Waals surface area contributed by atoms with Crippen molar-refractivity contribution in [2.45, 2.75) is 13.0 Å². The molecule has 3 nitrogen and oxygen atoms in total. The Hall–Kier alpha value is -1.50. The Morgan fingerprint density at radius 3 is 2.79 bits per heavy atom. The highest BCUT2D eigenvalue weighted by molar-refractivity contribution is 9.11. The fourth-order valence-corrected chi connectivity index (χ4v) is 3.99. The zero-order valence-corrected chi connectivity index (χ0v) is 15.8. The molecule has 1 aromatic carbocycles. The number of quaternary nitrogens is 1. The molecule has 0 aliphatic carbocycles. The molecular weight excluding hydrogens is 391 g/mol. The highest BCUT2D eigenvalue weighted by Gasteiger charge is 2.14. The average Bonchev–Trinajstić information content (AvgIpc) is 2.94. The van der Waals surface area contributed by atoms with Gasteiger partial charge >= 0.3 is 0 Å². The van der Waals surface area contributed by atoms with Gasteiger partial charge in [-0.1, -0.05) is 24.8 Å². The lowest BCUT2D eigenvalue weighted by molar-refractivity contribution is -0.899. The topological polar surface area (TPSA) is 33.5 Å². The molecule has 128 valence electrons. The standard InChI is InChI=1S/C18H20BrFN2OS/c1-2-11-22(12-15-7-8-17(19)24-15)13-18(23)21-10-9-14-5-3-4-6-16(14)20/h2-8H,1,9-13H2,(H,21,23)/p+1. The molecule has 2 rings (SSSR count). The summed E-state index contributed by atoms with van der Waals surface area (Å²) < 4.78 is 14.6. The molecule has 2 aromatic rings. The molecular formula is C18H21BrFN2OS+. The van der Waals surface area contributed by atoms with Crippen LogP contribution in [0.4, 0.5) is 4.39 Å². The summed E-state index contributed by atoms with van der Waals surface area (Å²) in [5, 5.41) is 2.87. The fraction of sp³-hybridized carbons (Fsp3) is 0.278. The van der Waals surface area contributed by atoms with Gasteiger partial charge in [-0.15, -0.1) is 11.3 Å². The Bertz CT molecular complexity index is 689. The van der Waals surface area contributed by atoms with E-state index in [4.69, 9.17) is 0 Å². The van der Waals surface area contributed by atoms with Gasteiger partial charge in [-0.25, -0.2) is 4.39 Å². The number of rotatable bonds is 9. The number of nitrogens with one attached hydrogen (secondary N) is 2. The van der Waals surface area contributed by atoms with Crippen molar-refractivity contribution in [1.29, 1.82) is 0 Å². The molecule has 1 amide bonds. The van der Waals surface area contributed by atoms with Gasteiger partial charge in [0.15, 0.2) is 6.54 Å². The van der Waals surface area contributed by atoms with Crippen LogP contribution in [0, 0.1) is 5.82 Å². The Kier molecular flexibility index (Phi) is 7.62. The molecule has 24 heavy (non-hydrogen) atoms. The summed E-state index contributed by atoms with van der Waals surface area (Å²) in [7, 11) is 0. The van der Waals surface area contributed by atoms with Crippen LogP contribution >= 0.6 is 27.3 Å².